The number of piperidine rings is 1. The van der Waals surface area contributed by atoms with Crippen LogP contribution >= 0.6 is 11.3 Å². The maximum atomic E-state index is 13.1. The highest BCUT2D eigenvalue weighted by atomic mass is 32.1. The van der Waals surface area contributed by atoms with Gasteiger partial charge in [-0.15, -0.1) is 15.3 Å². The molecule has 1 saturated heterocycles. The van der Waals surface area contributed by atoms with Crippen LogP contribution in [0.5, 0.6) is 0 Å². The molecule has 0 saturated carbocycles. The van der Waals surface area contributed by atoms with Crippen molar-refractivity contribution >= 4 is 39.8 Å². The fourth-order valence-electron chi connectivity index (χ4n) is 3.43. The summed E-state index contributed by atoms with van der Waals surface area (Å²) in [6, 6.07) is 3.00. The van der Waals surface area contributed by atoms with Crippen molar-refractivity contribution in [3.05, 3.63) is 28.5 Å². The first-order valence-electron chi connectivity index (χ1n) is 9.58. The van der Waals surface area contributed by atoms with Gasteiger partial charge in [-0.05, 0) is 31.9 Å². The number of aryl methyl sites for hydroxylation is 1. The van der Waals surface area contributed by atoms with Crippen molar-refractivity contribution in [2.24, 2.45) is 5.92 Å². The number of rotatable bonds is 4. The molecule has 10 nitrogen and oxygen atoms in total. The second-order valence-corrected chi connectivity index (χ2v) is 8.16. The topological polar surface area (TPSA) is 115 Å². The summed E-state index contributed by atoms with van der Waals surface area (Å²) in [5.74, 6) is -1.88. The van der Waals surface area contributed by atoms with Crippen LogP contribution in [-0.2, 0) is 15.7 Å². The molecule has 3 aromatic heterocycles. The number of thiazole rings is 1. The number of methoxy groups -OCH3 is 1. The number of anilines is 2. The molecule has 4 heterocycles. The third kappa shape index (κ3) is 4.22. The monoisotopic (exact) mass is 469 g/mol. The van der Waals surface area contributed by atoms with E-state index in [0.29, 0.717) is 52.0 Å². The molecule has 3 aromatic rings. The summed E-state index contributed by atoms with van der Waals surface area (Å²) in [4.78, 5) is 30.6. The van der Waals surface area contributed by atoms with E-state index >= 15 is 0 Å². The van der Waals surface area contributed by atoms with Gasteiger partial charge in [-0.1, -0.05) is 11.3 Å². The largest absolute Gasteiger partial charge is 0.465 e. The normalized spacial score (nSPS) is 15.2. The molecule has 0 spiro atoms. The first kappa shape index (κ1) is 21.9. The maximum absolute atomic E-state index is 13.1. The number of esters is 1. The van der Waals surface area contributed by atoms with Crippen LogP contribution in [0.3, 0.4) is 0 Å². The van der Waals surface area contributed by atoms with Crippen LogP contribution in [0.2, 0.25) is 0 Å². The number of ether oxygens (including phenoxy) is 1. The van der Waals surface area contributed by atoms with E-state index in [1.165, 1.54) is 13.2 Å². The Bertz CT molecular complexity index is 1170. The summed E-state index contributed by atoms with van der Waals surface area (Å²) in [6.45, 7) is 2.52. The zero-order valence-corrected chi connectivity index (χ0v) is 17.8. The van der Waals surface area contributed by atoms with Crippen LogP contribution in [0.4, 0.5) is 24.1 Å². The number of nitrogens with one attached hydrogen (secondary N) is 1. The molecule has 0 radical (unpaired) electrons. The molecule has 1 amide bonds. The fraction of sp³-hybridized carbons (Fsp3) is 0.444. The first-order chi connectivity index (χ1) is 15.2. The summed E-state index contributed by atoms with van der Waals surface area (Å²) < 4.78 is 44.6. The van der Waals surface area contributed by atoms with Gasteiger partial charge in [0.1, 0.15) is 10.7 Å². The summed E-state index contributed by atoms with van der Waals surface area (Å²) in [5.41, 5.74) is 0.473. The molecular formula is C18H18F3N7O3S. The Morgan fingerprint density at radius 2 is 1.94 bits per heavy atom. The lowest BCUT2D eigenvalue weighted by molar-refractivity contribution is -0.146. The van der Waals surface area contributed by atoms with E-state index in [1.54, 1.807) is 13.0 Å². The lowest BCUT2D eigenvalue weighted by Crippen LogP contribution is -2.38. The third-order valence-electron chi connectivity index (χ3n) is 5.09. The lowest BCUT2D eigenvalue weighted by Gasteiger charge is -2.31. The lowest BCUT2D eigenvalue weighted by atomic mass is 9.96. The second kappa shape index (κ2) is 8.33. The molecule has 0 aromatic carbocycles. The number of nitrogens with zero attached hydrogens (tertiary/aromatic N) is 6. The number of alkyl halides is 3. The zero-order chi connectivity index (χ0) is 23.0. The molecule has 0 bridgehead atoms. The van der Waals surface area contributed by atoms with Gasteiger partial charge in [0.15, 0.2) is 10.8 Å². The molecule has 1 N–H and O–H groups in total. The van der Waals surface area contributed by atoms with Crippen molar-refractivity contribution in [2.75, 3.05) is 30.4 Å². The predicted molar refractivity (Wildman–Crippen MR) is 108 cm³/mol. The third-order valence-corrected chi connectivity index (χ3v) is 6.14. The van der Waals surface area contributed by atoms with Gasteiger partial charge in [0.2, 0.25) is 5.91 Å². The van der Waals surface area contributed by atoms with Gasteiger partial charge < -0.3 is 15.0 Å². The van der Waals surface area contributed by atoms with Crippen molar-refractivity contribution in [2.45, 2.75) is 25.9 Å². The Kier molecular flexibility index (Phi) is 5.71. The number of fused-ring (bicyclic) bond motifs is 1. The minimum absolute atomic E-state index is 0.000374. The van der Waals surface area contributed by atoms with Crippen molar-refractivity contribution in [3.8, 4) is 0 Å². The van der Waals surface area contributed by atoms with Crippen molar-refractivity contribution in [3.63, 3.8) is 0 Å². The minimum atomic E-state index is -4.67. The van der Waals surface area contributed by atoms with Gasteiger partial charge in [-0.25, -0.2) is 9.78 Å². The highest BCUT2D eigenvalue weighted by Crippen LogP contribution is 2.29. The van der Waals surface area contributed by atoms with Gasteiger partial charge in [0, 0.05) is 19.0 Å². The Labute approximate surface area is 183 Å². The molecule has 14 heteroatoms. The number of hydrogen-bond acceptors (Lipinski definition) is 9. The van der Waals surface area contributed by atoms with E-state index in [-0.39, 0.29) is 17.5 Å². The molecular weight excluding hydrogens is 451 g/mol. The van der Waals surface area contributed by atoms with Crippen LogP contribution in [-0.4, -0.2) is 56.9 Å². The Hall–Kier alpha value is -3.29. The first-order valence-corrected chi connectivity index (χ1v) is 10.4. The number of hydrogen-bond donors (Lipinski definition) is 1. The van der Waals surface area contributed by atoms with Crippen LogP contribution in [0.15, 0.2) is 12.1 Å². The highest BCUT2D eigenvalue weighted by molar-refractivity contribution is 7.17. The average molecular weight is 469 g/mol. The van der Waals surface area contributed by atoms with E-state index in [4.69, 9.17) is 0 Å². The number of aromatic nitrogens is 5. The molecule has 4 rings (SSSR count). The summed E-state index contributed by atoms with van der Waals surface area (Å²) >= 11 is 1.04. The summed E-state index contributed by atoms with van der Waals surface area (Å²) in [5, 5.41) is 13.8. The molecule has 1 aliphatic heterocycles. The summed E-state index contributed by atoms with van der Waals surface area (Å²) in [7, 11) is 1.27. The second-order valence-electron chi connectivity index (χ2n) is 7.16. The number of carbonyl (C=O) groups is 2. The minimum Gasteiger partial charge on any atom is -0.465 e. The van der Waals surface area contributed by atoms with Gasteiger partial charge in [0.05, 0.1) is 12.8 Å². The quantitative estimate of drug-likeness (QED) is 0.580. The molecule has 1 aliphatic rings. The van der Waals surface area contributed by atoms with E-state index in [1.807, 2.05) is 4.90 Å². The van der Waals surface area contributed by atoms with Crippen molar-refractivity contribution in [1.29, 1.82) is 0 Å². The van der Waals surface area contributed by atoms with E-state index in [9.17, 15) is 22.8 Å². The molecule has 0 aliphatic carbocycles. The molecule has 1 fully saturated rings. The highest BCUT2D eigenvalue weighted by Gasteiger charge is 2.38. The molecule has 0 unspecified atom stereocenters. The number of amides is 1. The van der Waals surface area contributed by atoms with Crippen LogP contribution in [0.1, 0.15) is 34.0 Å². The van der Waals surface area contributed by atoms with Crippen LogP contribution in [0.25, 0.3) is 5.65 Å². The Balaban J connectivity index is 1.41. The standard InChI is InChI=1S/C18H18F3N7O3S/c1-9-13(15(30)31-2)32-17(22-9)23-14(29)10-5-7-27(8-6-10)12-4-3-11-24-25-16(18(19,20)21)28(11)26-12/h3-4,10H,5-8H2,1-2H3,(H,22,23,29). The average Bonchev–Trinajstić information content (AvgIpc) is 3.36. The van der Waals surface area contributed by atoms with Crippen molar-refractivity contribution < 1.29 is 27.5 Å². The van der Waals surface area contributed by atoms with E-state index in [2.05, 4.69) is 30.3 Å². The summed E-state index contributed by atoms with van der Waals surface area (Å²) in [6.07, 6.45) is -3.71. The predicted octanol–water partition coefficient (Wildman–Crippen LogP) is 2.55. The molecule has 170 valence electrons. The van der Waals surface area contributed by atoms with Gasteiger partial charge in [-0.3, -0.25) is 4.79 Å². The SMILES string of the molecule is COC(=O)c1sc(NC(=O)C2CCN(c3ccc4nnc(C(F)(F)F)n4n3)CC2)nc1C. The fourth-order valence-corrected chi connectivity index (χ4v) is 4.32. The number of halogens is 3. The molecule has 32 heavy (non-hydrogen) atoms. The van der Waals surface area contributed by atoms with Gasteiger partial charge >= 0.3 is 12.1 Å². The van der Waals surface area contributed by atoms with Crippen LogP contribution in [0, 0.1) is 12.8 Å². The van der Waals surface area contributed by atoms with Gasteiger partial charge in [0.25, 0.3) is 5.82 Å². The van der Waals surface area contributed by atoms with Crippen molar-refractivity contribution in [1.82, 2.24) is 24.8 Å². The van der Waals surface area contributed by atoms with E-state index in [0.717, 1.165) is 11.3 Å². The molecule has 0 atom stereocenters. The van der Waals surface area contributed by atoms with E-state index < -0.39 is 18.0 Å². The maximum Gasteiger partial charge on any atom is 0.453 e. The number of carbonyl (C=O) groups excluding carboxylic acids is 2. The Morgan fingerprint density at radius 1 is 1.22 bits per heavy atom. The van der Waals surface area contributed by atoms with Gasteiger partial charge in [-0.2, -0.15) is 17.7 Å². The zero-order valence-electron chi connectivity index (χ0n) is 17.0. The van der Waals surface area contributed by atoms with Crippen LogP contribution < -0.4 is 10.2 Å². The smallest absolute Gasteiger partial charge is 0.453 e. The Morgan fingerprint density at radius 3 is 2.59 bits per heavy atom.